The molecule has 0 bridgehead atoms. The van der Waals surface area contributed by atoms with E-state index in [1.54, 1.807) is 4.90 Å². The summed E-state index contributed by atoms with van der Waals surface area (Å²) in [5, 5.41) is 3.67. The molecule has 2 aliphatic rings. The fourth-order valence-corrected chi connectivity index (χ4v) is 4.64. The van der Waals surface area contributed by atoms with Crippen LogP contribution in [0.5, 0.6) is 0 Å². The number of hydrogen-bond donors (Lipinski definition) is 1. The number of nitrogens with zero attached hydrogens (tertiary/aromatic N) is 3. The van der Waals surface area contributed by atoms with Crippen LogP contribution >= 0.6 is 11.8 Å². The first-order chi connectivity index (χ1) is 14.4. The van der Waals surface area contributed by atoms with Crippen LogP contribution in [0.1, 0.15) is 24.1 Å². The zero-order valence-corrected chi connectivity index (χ0v) is 18.3. The highest BCUT2D eigenvalue weighted by molar-refractivity contribution is 8.15. The molecule has 2 aliphatic heterocycles. The number of anilines is 2. The third kappa shape index (κ3) is 3.61. The number of aryl methyl sites for hydroxylation is 1. The average molecular weight is 421 g/mol. The van der Waals surface area contributed by atoms with Crippen molar-refractivity contribution < 1.29 is 9.59 Å². The molecule has 30 heavy (non-hydrogen) atoms. The standard InChI is InChI=1S/C23H24N4O2S/c1-14-7-5-6-8-18(14)25-22(29)20-15(2)24-23-27(19(28)13-30-23)21(20)16-9-11-17(12-10-16)26(3)4/h5-12,21H,13H2,1-4H3,(H,25,29)/t21-/m1/s1. The number of fused-ring (bicyclic) bond motifs is 1. The van der Waals surface area contributed by atoms with Gasteiger partial charge in [0.2, 0.25) is 5.91 Å². The maximum Gasteiger partial charge on any atom is 0.255 e. The van der Waals surface area contributed by atoms with E-state index in [9.17, 15) is 9.59 Å². The van der Waals surface area contributed by atoms with E-state index in [1.807, 2.05) is 81.4 Å². The van der Waals surface area contributed by atoms with Crippen LogP contribution in [0.4, 0.5) is 11.4 Å². The molecule has 1 atom stereocenters. The molecule has 2 heterocycles. The fraction of sp³-hybridized carbons (Fsp3) is 0.261. The first-order valence-electron chi connectivity index (χ1n) is 9.75. The predicted octanol–water partition coefficient (Wildman–Crippen LogP) is 3.96. The van der Waals surface area contributed by atoms with E-state index >= 15 is 0 Å². The van der Waals surface area contributed by atoms with Crippen LogP contribution in [0.3, 0.4) is 0 Å². The molecule has 0 aromatic heterocycles. The molecule has 0 aliphatic carbocycles. The highest BCUT2D eigenvalue weighted by atomic mass is 32.2. The number of amidine groups is 1. The van der Waals surface area contributed by atoms with Gasteiger partial charge in [0.15, 0.2) is 5.17 Å². The molecule has 154 valence electrons. The van der Waals surface area contributed by atoms with Gasteiger partial charge in [-0.15, -0.1) is 0 Å². The number of carbonyl (C=O) groups is 2. The van der Waals surface area contributed by atoms with Crippen LogP contribution in [-0.4, -0.2) is 41.7 Å². The molecule has 1 fully saturated rings. The molecule has 0 saturated carbocycles. The summed E-state index contributed by atoms with van der Waals surface area (Å²) in [6, 6.07) is 15.1. The van der Waals surface area contributed by atoms with E-state index in [1.165, 1.54) is 11.8 Å². The SMILES string of the molecule is CC1=C(C(=O)Nc2ccccc2C)[C@@H](c2ccc(N(C)C)cc2)N2C(=O)CSC2=N1. The largest absolute Gasteiger partial charge is 0.378 e. The highest BCUT2D eigenvalue weighted by Crippen LogP contribution is 2.41. The lowest BCUT2D eigenvalue weighted by Crippen LogP contribution is -2.40. The van der Waals surface area contributed by atoms with Gasteiger partial charge in [0.25, 0.3) is 5.91 Å². The zero-order chi connectivity index (χ0) is 21.4. The number of carbonyl (C=O) groups excluding carboxylic acids is 2. The molecule has 0 unspecified atom stereocenters. The number of amides is 2. The predicted molar refractivity (Wildman–Crippen MR) is 123 cm³/mol. The Hall–Kier alpha value is -3.06. The fourth-order valence-electron chi connectivity index (χ4n) is 3.71. The van der Waals surface area contributed by atoms with E-state index in [0.29, 0.717) is 22.2 Å². The second-order valence-electron chi connectivity index (χ2n) is 7.60. The summed E-state index contributed by atoms with van der Waals surface area (Å²) in [6.07, 6.45) is 0. The number of benzene rings is 2. The minimum Gasteiger partial charge on any atom is -0.378 e. The second kappa shape index (κ2) is 7.99. The lowest BCUT2D eigenvalue weighted by molar-refractivity contribution is -0.125. The molecule has 1 N–H and O–H groups in total. The minimum atomic E-state index is -0.500. The van der Waals surface area contributed by atoms with Gasteiger partial charge >= 0.3 is 0 Å². The average Bonchev–Trinajstić information content (AvgIpc) is 3.09. The van der Waals surface area contributed by atoms with Crippen molar-refractivity contribution in [3.05, 3.63) is 70.9 Å². The molecule has 2 aromatic carbocycles. The van der Waals surface area contributed by atoms with Crippen LogP contribution in [0.2, 0.25) is 0 Å². The lowest BCUT2D eigenvalue weighted by Gasteiger charge is -2.33. The van der Waals surface area contributed by atoms with Gasteiger partial charge in [-0.05, 0) is 43.2 Å². The summed E-state index contributed by atoms with van der Waals surface area (Å²) in [6.45, 7) is 3.79. The lowest BCUT2D eigenvalue weighted by atomic mass is 9.93. The van der Waals surface area contributed by atoms with E-state index in [2.05, 4.69) is 10.3 Å². The number of thioether (sulfide) groups is 1. The monoisotopic (exact) mass is 420 g/mol. The smallest absolute Gasteiger partial charge is 0.255 e. The van der Waals surface area contributed by atoms with Gasteiger partial charge in [-0.3, -0.25) is 14.5 Å². The van der Waals surface area contributed by atoms with Gasteiger partial charge in [0, 0.05) is 25.5 Å². The van der Waals surface area contributed by atoms with Crippen LogP contribution in [0.15, 0.2) is 64.8 Å². The molecule has 6 nitrogen and oxygen atoms in total. The number of hydrogen-bond acceptors (Lipinski definition) is 5. The number of aliphatic imine (C=N–C) groups is 1. The van der Waals surface area contributed by atoms with Gasteiger partial charge in [-0.25, -0.2) is 4.99 Å². The summed E-state index contributed by atoms with van der Waals surface area (Å²) in [5.74, 6) is 0.0653. The summed E-state index contributed by atoms with van der Waals surface area (Å²) in [7, 11) is 3.96. The van der Waals surface area contributed by atoms with E-state index in [4.69, 9.17) is 0 Å². The van der Waals surface area contributed by atoms with Gasteiger partial charge in [0.1, 0.15) is 0 Å². The van der Waals surface area contributed by atoms with Crippen molar-refractivity contribution in [2.24, 2.45) is 4.99 Å². The van der Waals surface area contributed by atoms with Crippen LogP contribution < -0.4 is 10.2 Å². The van der Waals surface area contributed by atoms with Crippen molar-refractivity contribution in [1.82, 2.24) is 4.90 Å². The van der Waals surface area contributed by atoms with E-state index in [0.717, 1.165) is 22.5 Å². The normalized spacial score (nSPS) is 18.3. The van der Waals surface area contributed by atoms with Crippen molar-refractivity contribution in [1.29, 1.82) is 0 Å². The topological polar surface area (TPSA) is 65.0 Å². The third-order valence-corrected chi connectivity index (χ3v) is 6.28. The molecular formula is C23H24N4O2S. The van der Waals surface area contributed by atoms with Gasteiger partial charge < -0.3 is 10.2 Å². The first-order valence-corrected chi connectivity index (χ1v) is 10.7. The maximum absolute atomic E-state index is 13.4. The summed E-state index contributed by atoms with van der Waals surface area (Å²) < 4.78 is 0. The van der Waals surface area contributed by atoms with Crippen molar-refractivity contribution in [3.63, 3.8) is 0 Å². The number of allylic oxidation sites excluding steroid dienone is 1. The van der Waals surface area contributed by atoms with Crippen molar-refractivity contribution >= 4 is 40.1 Å². The Balaban J connectivity index is 1.77. The Labute approximate surface area is 180 Å². The molecule has 0 spiro atoms. The summed E-state index contributed by atoms with van der Waals surface area (Å²) >= 11 is 1.42. The molecule has 7 heteroatoms. The Morgan fingerprint density at radius 3 is 2.50 bits per heavy atom. The molecular weight excluding hydrogens is 396 g/mol. The molecule has 1 saturated heterocycles. The van der Waals surface area contributed by atoms with Gasteiger partial charge in [-0.1, -0.05) is 42.1 Å². The molecule has 4 rings (SSSR count). The molecule has 2 aromatic rings. The van der Waals surface area contributed by atoms with Crippen LogP contribution in [0, 0.1) is 6.92 Å². The first kappa shape index (κ1) is 20.2. The zero-order valence-electron chi connectivity index (χ0n) is 17.5. The van der Waals surface area contributed by atoms with Crippen molar-refractivity contribution in [2.45, 2.75) is 19.9 Å². The molecule has 2 amide bonds. The van der Waals surface area contributed by atoms with Crippen molar-refractivity contribution in [2.75, 3.05) is 30.1 Å². The minimum absolute atomic E-state index is 0.0332. The van der Waals surface area contributed by atoms with E-state index in [-0.39, 0.29) is 11.8 Å². The summed E-state index contributed by atoms with van der Waals surface area (Å²) in [4.78, 5) is 34.4. The number of para-hydroxylation sites is 1. The Kier molecular flexibility index (Phi) is 5.39. The van der Waals surface area contributed by atoms with E-state index < -0.39 is 6.04 Å². The van der Waals surface area contributed by atoms with Crippen molar-refractivity contribution in [3.8, 4) is 0 Å². The van der Waals surface area contributed by atoms with Gasteiger partial charge in [-0.2, -0.15) is 0 Å². The van der Waals surface area contributed by atoms with Crippen LogP contribution in [-0.2, 0) is 9.59 Å². The van der Waals surface area contributed by atoms with Crippen LogP contribution in [0.25, 0.3) is 0 Å². The second-order valence-corrected chi connectivity index (χ2v) is 8.55. The Morgan fingerprint density at radius 2 is 1.83 bits per heavy atom. The number of nitrogens with one attached hydrogen (secondary N) is 1. The quantitative estimate of drug-likeness (QED) is 0.813. The van der Waals surface area contributed by atoms with Gasteiger partial charge in [0.05, 0.1) is 23.1 Å². The maximum atomic E-state index is 13.4. The highest BCUT2D eigenvalue weighted by Gasteiger charge is 2.42. The molecule has 0 radical (unpaired) electrons. The summed E-state index contributed by atoms with van der Waals surface area (Å²) in [5.41, 5.74) is 4.80. The Morgan fingerprint density at radius 1 is 1.13 bits per heavy atom. The Bertz CT molecular complexity index is 1070. The number of rotatable bonds is 4. The third-order valence-electron chi connectivity index (χ3n) is 5.35.